The van der Waals surface area contributed by atoms with E-state index in [9.17, 15) is 35.9 Å². The van der Waals surface area contributed by atoms with E-state index in [2.05, 4.69) is 4.98 Å². The lowest BCUT2D eigenvalue weighted by Crippen LogP contribution is -2.54. The first kappa shape index (κ1) is 24.6. The zero-order valence-corrected chi connectivity index (χ0v) is 18.9. The summed E-state index contributed by atoms with van der Waals surface area (Å²) in [6.45, 7) is 1.18. The standard InChI is InChI=1S/C19H21F4N3O4S2/c1-18(2,28)17(27)26-9-19(22,23)15(25-32(3,29)30)14(26)7-13-8-31-16(24-13)10-4-11(20)6-12(21)5-10/h4-6,8,14-15,25,28H,7,9H2,1-3H3/t14-,15?/m0/s1. The van der Waals surface area contributed by atoms with Crippen molar-refractivity contribution in [3.05, 3.63) is 40.9 Å². The van der Waals surface area contributed by atoms with Crippen molar-refractivity contribution in [1.29, 1.82) is 0 Å². The van der Waals surface area contributed by atoms with Gasteiger partial charge in [0.05, 0.1) is 24.5 Å². The van der Waals surface area contributed by atoms with Crippen LogP contribution in [0.25, 0.3) is 10.6 Å². The molecule has 0 radical (unpaired) electrons. The van der Waals surface area contributed by atoms with Crippen LogP contribution in [0.15, 0.2) is 23.6 Å². The fraction of sp³-hybridized carbons (Fsp3) is 0.474. The Morgan fingerprint density at radius 1 is 1.31 bits per heavy atom. The second-order valence-corrected chi connectivity index (χ2v) is 10.8. The van der Waals surface area contributed by atoms with Gasteiger partial charge in [0.15, 0.2) is 0 Å². The number of benzene rings is 1. The Labute approximate surface area is 186 Å². The molecule has 1 amide bonds. The number of thiazole rings is 1. The molecular formula is C19H21F4N3O4S2. The van der Waals surface area contributed by atoms with E-state index in [1.54, 1.807) is 0 Å². The van der Waals surface area contributed by atoms with Gasteiger partial charge in [0, 0.05) is 23.4 Å². The average Bonchev–Trinajstić information content (AvgIpc) is 3.16. The van der Waals surface area contributed by atoms with Crippen molar-refractivity contribution in [2.24, 2.45) is 0 Å². The van der Waals surface area contributed by atoms with Crippen LogP contribution < -0.4 is 4.72 Å². The Balaban J connectivity index is 1.97. The number of hydrogen-bond acceptors (Lipinski definition) is 6. The van der Waals surface area contributed by atoms with Crippen LogP contribution in [0.4, 0.5) is 17.6 Å². The lowest BCUT2D eigenvalue weighted by molar-refractivity contribution is -0.149. The van der Waals surface area contributed by atoms with E-state index in [-0.39, 0.29) is 22.7 Å². The van der Waals surface area contributed by atoms with E-state index in [1.165, 1.54) is 5.38 Å². The number of aromatic nitrogens is 1. The minimum absolute atomic E-state index is 0.144. The first-order valence-corrected chi connectivity index (χ1v) is 12.1. The molecule has 0 spiro atoms. The molecular weight excluding hydrogens is 474 g/mol. The van der Waals surface area contributed by atoms with Crippen molar-refractivity contribution >= 4 is 27.3 Å². The SMILES string of the molecule is CC(C)(O)C(=O)N1CC(F)(F)C(NS(C)(=O)=O)[C@@H]1Cc1csc(-c2cc(F)cc(F)c2)n1. The highest BCUT2D eigenvalue weighted by atomic mass is 32.2. The van der Waals surface area contributed by atoms with Crippen LogP contribution in [0.2, 0.25) is 0 Å². The minimum Gasteiger partial charge on any atom is -0.381 e. The number of amides is 1. The number of hydrogen-bond donors (Lipinski definition) is 2. The number of likely N-dealkylation sites (tertiary alicyclic amines) is 1. The third kappa shape index (κ3) is 5.45. The molecule has 13 heteroatoms. The summed E-state index contributed by atoms with van der Waals surface area (Å²) >= 11 is 1.01. The average molecular weight is 496 g/mol. The van der Waals surface area contributed by atoms with E-state index in [1.807, 2.05) is 4.72 Å². The highest BCUT2D eigenvalue weighted by Crippen LogP contribution is 2.37. The molecule has 1 aromatic carbocycles. The smallest absolute Gasteiger partial charge is 0.283 e. The van der Waals surface area contributed by atoms with E-state index < -0.39 is 57.7 Å². The number of sulfonamides is 1. The summed E-state index contributed by atoms with van der Waals surface area (Å²) < 4.78 is 81.8. The number of rotatable bonds is 6. The van der Waals surface area contributed by atoms with Crippen molar-refractivity contribution in [3.8, 4) is 10.6 Å². The number of carbonyl (C=O) groups is 1. The predicted molar refractivity (Wildman–Crippen MR) is 110 cm³/mol. The Morgan fingerprint density at radius 2 is 1.91 bits per heavy atom. The normalized spacial score (nSPS) is 21.2. The van der Waals surface area contributed by atoms with Gasteiger partial charge in [-0.1, -0.05) is 0 Å². The molecule has 176 valence electrons. The van der Waals surface area contributed by atoms with Gasteiger partial charge in [-0.25, -0.2) is 35.7 Å². The third-order valence-corrected chi connectivity index (χ3v) is 6.45. The van der Waals surface area contributed by atoms with Crippen LogP contribution >= 0.6 is 11.3 Å². The molecule has 1 aliphatic rings. The second-order valence-electron chi connectivity index (χ2n) is 8.19. The fourth-order valence-corrected chi connectivity index (χ4v) is 5.14. The van der Waals surface area contributed by atoms with Crippen molar-refractivity contribution in [3.63, 3.8) is 0 Å². The van der Waals surface area contributed by atoms with Crippen LogP contribution in [0.1, 0.15) is 19.5 Å². The molecule has 3 rings (SSSR count). The van der Waals surface area contributed by atoms with Gasteiger partial charge >= 0.3 is 0 Å². The first-order chi connectivity index (χ1) is 14.6. The molecule has 32 heavy (non-hydrogen) atoms. The summed E-state index contributed by atoms with van der Waals surface area (Å²) in [5, 5.41) is 11.8. The Bertz CT molecular complexity index is 1110. The van der Waals surface area contributed by atoms with Gasteiger partial charge < -0.3 is 10.0 Å². The lowest BCUT2D eigenvalue weighted by Gasteiger charge is -2.31. The highest BCUT2D eigenvalue weighted by molar-refractivity contribution is 7.88. The maximum atomic E-state index is 14.7. The van der Waals surface area contributed by atoms with Gasteiger partial charge in [-0.2, -0.15) is 0 Å². The molecule has 1 unspecified atom stereocenters. The summed E-state index contributed by atoms with van der Waals surface area (Å²) in [5.74, 6) is -6.24. The predicted octanol–water partition coefficient (Wildman–Crippen LogP) is 2.17. The molecule has 1 aromatic heterocycles. The topological polar surface area (TPSA) is 99.6 Å². The molecule has 1 aliphatic heterocycles. The molecule has 7 nitrogen and oxygen atoms in total. The summed E-state index contributed by atoms with van der Waals surface area (Å²) in [7, 11) is -4.07. The van der Waals surface area contributed by atoms with Crippen LogP contribution in [0.5, 0.6) is 0 Å². The maximum Gasteiger partial charge on any atom is 0.283 e. The number of alkyl halides is 2. The Hall–Kier alpha value is -2.09. The molecule has 0 saturated carbocycles. The van der Waals surface area contributed by atoms with Crippen LogP contribution in [-0.2, 0) is 21.2 Å². The summed E-state index contributed by atoms with van der Waals surface area (Å²) in [4.78, 5) is 17.6. The molecule has 1 saturated heterocycles. The number of carbonyl (C=O) groups excluding carboxylic acids is 1. The lowest BCUT2D eigenvalue weighted by atomic mass is 10.0. The van der Waals surface area contributed by atoms with E-state index >= 15 is 0 Å². The van der Waals surface area contributed by atoms with Gasteiger partial charge in [-0.05, 0) is 26.0 Å². The Morgan fingerprint density at radius 3 is 2.44 bits per heavy atom. The largest absolute Gasteiger partial charge is 0.381 e. The van der Waals surface area contributed by atoms with Crippen LogP contribution in [0, 0.1) is 11.6 Å². The molecule has 1 fully saturated rings. The van der Waals surface area contributed by atoms with Crippen molar-refractivity contribution in [2.75, 3.05) is 12.8 Å². The molecule has 2 N–H and O–H groups in total. The third-order valence-electron chi connectivity index (χ3n) is 4.83. The minimum atomic E-state index is -4.07. The zero-order valence-electron chi connectivity index (χ0n) is 17.3. The summed E-state index contributed by atoms with van der Waals surface area (Å²) in [6.07, 6.45) is 0.443. The van der Waals surface area contributed by atoms with Crippen molar-refractivity contribution in [1.82, 2.24) is 14.6 Å². The first-order valence-electron chi connectivity index (χ1n) is 9.36. The number of halogens is 4. The van der Waals surface area contributed by atoms with Gasteiger partial charge in [-0.15, -0.1) is 11.3 Å². The van der Waals surface area contributed by atoms with Crippen LogP contribution in [-0.4, -0.2) is 65.7 Å². The van der Waals surface area contributed by atoms with Gasteiger partial charge in [0.2, 0.25) is 10.0 Å². The van der Waals surface area contributed by atoms with Gasteiger partial charge in [0.25, 0.3) is 11.8 Å². The quantitative estimate of drug-likeness (QED) is 0.599. The number of nitrogens with zero attached hydrogens (tertiary/aromatic N) is 2. The molecule has 0 bridgehead atoms. The second kappa shape index (κ2) is 8.36. The van der Waals surface area contributed by atoms with E-state index in [0.717, 1.165) is 48.5 Å². The fourth-order valence-electron chi connectivity index (χ4n) is 3.53. The molecule has 2 heterocycles. The summed E-state index contributed by atoms with van der Waals surface area (Å²) in [5.41, 5.74) is -1.61. The maximum absolute atomic E-state index is 14.7. The van der Waals surface area contributed by atoms with Crippen molar-refractivity contribution in [2.45, 2.75) is 43.9 Å². The Kier molecular flexibility index (Phi) is 6.41. The summed E-state index contributed by atoms with van der Waals surface area (Å²) in [6, 6.07) is -0.500. The highest BCUT2D eigenvalue weighted by Gasteiger charge is 2.58. The van der Waals surface area contributed by atoms with E-state index in [0.29, 0.717) is 6.07 Å². The number of nitrogens with one attached hydrogen (secondary N) is 1. The molecule has 2 aromatic rings. The van der Waals surface area contributed by atoms with Crippen molar-refractivity contribution < 1.29 is 35.9 Å². The molecule has 2 atom stereocenters. The van der Waals surface area contributed by atoms with Gasteiger partial charge in [0.1, 0.15) is 28.3 Å². The van der Waals surface area contributed by atoms with E-state index in [4.69, 9.17) is 0 Å². The number of aliphatic hydroxyl groups is 1. The zero-order chi connectivity index (χ0) is 24.1. The van der Waals surface area contributed by atoms with Gasteiger partial charge in [-0.3, -0.25) is 4.79 Å². The molecule has 0 aliphatic carbocycles. The van der Waals surface area contributed by atoms with Crippen LogP contribution in [0.3, 0.4) is 0 Å². The monoisotopic (exact) mass is 495 g/mol.